The van der Waals surface area contributed by atoms with E-state index in [4.69, 9.17) is 17.3 Å². The van der Waals surface area contributed by atoms with E-state index in [1.807, 2.05) is 6.92 Å². The number of amides is 1. The monoisotopic (exact) mass is 314 g/mol. The number of rotatable bonds is 4. The normalized spacial score (nSPS) is 10.4. The number of benzene rings is 1. The molecule has 0 aliphatic rings. The van der Waals surface area contributed by atoms with Crippen molar-refractivity contribution < 1.29 is 4.79 Å². The summed E-state index contributed by atoms with van der Waals surface area (Å²) in [5, 5.41) is 11.9. The lowest BCUT2D eigenvalue weighted by Gasteiger charge is -2.07. The van der Waals surface area contributed by atoms with Crippen molar-refractivity contribution in [3.8, 4) is 0 Å². The van der Waals surface area contributed by atoms with Crippen LogP contribution in [0.3, 0.4) is 0 Å². The Morgan fingerprint density at radius 1 is 1.53 bits per heavy atom. The Hall–Kier alpha value is -1.31. The van der Waals surface area contributed by atoms with Gasteiger partial charge in [-0.05, 0) is 25.1 Å². The number of anilines is 2. The molecule has 2 aromatic rings. The number of aryl methyl sites for hydroxylation is 1. The Morgan fingerprint density at radius 3 is 3.00 bits per heavy atom. The fourth-order valence-corrected chi connectivity index (χ4v) is 3.07. The van der Waals surface area contributed by atoms with Gasteiger partial charge in [-0.15, -0.1) is 10.2 Å². The lowest BCUT2D eigenvalue weighted by atomic mass is 10.2. The van der Waals surface area contributed by atoms with Gasteiger partial charge in [0.15, 0.2) is 4.34 Å². The van der Waals surface area contributed by atoms with Crippen LogP contribution in [0.25, 0.3) is 0 Å². The SMILES string of the molecule is Cc1nnc(SCC(=O)Nc2cc(Cl)ccc2N)s1. The van der Waals surface area contributed by atoms with Crippen LogP contribution in [0.4, 0.5) is 11.4 Å². The van der Waals surface area contributed by atoms with Gasteiger partial charge in [0, 0.05) is 5.02 Å². The first-order valence-electron chi connectivity index (χ1n) is 5.32. The number of carbonyl (C=O) groups is 1. The molecule has 3 N–H and O–H groups in total. The molecule has 1 aromatic heterocycles. The van der Waals surface area contributed by atoms with Gasteiger partial charge in [-0.1, -0.05) is 34.7 Å². The van der Waals surface area contributed by atoms with Crippen LogP contribution in [0.15, 0.2) is 22.5 Å². The van der Waals surface area contributed by atoms with E-state index in [2.05, 4.69) is 15.5 Å². The third-order valence-electron chi connectivity index (χ3n) is 2.12. The van der Waals surface area contributed by atoms with Gasteiger partial charge >= 0.3 is 0 Å². The van der Waals surface area contributed by atoms with Crippen molar-refractivity contribution in [1.82, 2.24) is 10.2 Å². The molecule has 0 atom stereocenters. The molecule has 0 bridgehead atoms. The molecule has 8 heteroatoms. The van der Waals surface area contributed by atoms with Crippen LogP contribution in [0, 0.1) is 6.92 Å². The summed E-state index contributed by atoms with van der Waals surface area (Å²) < 4.78 is 0.770. The number of aromatic nitrogens is 2. The minimum absolute atomic E-state index is 0.160. The first kappa shape index (κ1) is 14.1. The maximum atomic E-state index is 11.8. The van der Waals surface area contributed by atoms with Gasteiger partial charge in [-0.3, -0.25) is 4.79 Å². The quantitative estimate of drug-likeness (QED) is 0.670. The van der Waals surface area contributed by atoms with E-state index in [0.717, 1.165) is 9.35 Å². The van der Waals surface area contributed by atoms with Crippen LogP contribution in [0.1, 0.15) is 5.01 Å². The Morgan fingerprint density at radius 2 is 2.32 bits per heavy atom. The molecule has 5 nitrogen and oxygen atoms in total. The highest BCUT2D eigenvalue weighted by Gasteiger charge is 2.08. The Labute approximate surface area is 123 Å². The molecular formula is C11H11ClN4OS2. The third-order valence-corrected chi connectivity index (χ3v) is 4.33. The first-order valence-corrected chi connectivity index (χ1v) is 7.50. The van der Waals surface area contributed by atoms with Gasteiger partial charge in [0.2, 0.25) is 5.91 Å². The van der Waals surface area contributed by atoms with Gasteiger partial charge in [0.25, 0.3) is 0 Å². The number of carbonyl (C=O) groups excluding carboxylic acids is 1. The zero-order chi connectivity index (χ0) is 13.8. The van der Waals surface area contributed by atoms with Crippen molar-refractivity contribution in [3.63, 3.8) is 0 Å². The van der Waals surface area contributed by atoms with Crippen LogP contribution in [0.5, 0.6) is 0 Å². The topological polar surface area (TPSA) is 80.9 Å². The smallest absolute Gasteiger partial charge is 0.234 e. The van der Waals surface area contributed by atoms with Crippen molar-refractivity contribution >= 4 is 52.0 Å². The van der Waals surface area contributed by atoms with Crippen LogP contribution < -0.4 is 11.1 Å². The van der Waals surface area contributed by atoms with Gasteiger partial charge in [0.05, 0.1) is 17.1 Å². The summed E-state index contributed by atoms with van der Waals surface area (Å²) in [5.74, 6) is 0.0902. The second-order valence-electron chi connectivity index (χ2n) is 3.66. The summed E-state index contributed by atoms with van der Waals surface area (Å²) >= 11 is 8.64. The largest absolute Gasteiger partial charge is 0.397 e. The number of hydrogen-bond acceptors (Lipinski definition) is 6. The minimum Gasteiger partial charge on any atom is -0.397 e. The summed E-state index contributed by atoms with van der Waals surface area (Å²) in [5.41, 5.74) is 6.75. The van der Waals surface area contributed by atoms with Gasteiger partial charge in [-0.25, -0.2) is 0 Å². The van der Waals surface area contributed by atoms with Crippen LogP contribution >= 0.6 is 34.7 Å². The lowest BCUT2D eigenvalue weighted by Crippen LogP contribution is -2.15. The fraction of sp³-hybridized carbons (Fsp3) is 0.182. The maximum Gasteiger partial charge on any atom is 0.234 e. The summed E-state index contributed by atoms with van der Waals surface area (Å²) in [6, 6.07) is 4.94. The second-order valence-corrected chi connectivity index (χ2v) is 6.50. The molecule has 19 heavy (non-hydrogen) atoms. The zero-order valence-corrected chi connectivity index (χ0v) is 12.4. The average Bonchev–Trinajstić information content (AvgIpc) is 2.77. The van der Waals surface area contributed by atoms with Crippen molar-refractivity contribution in [2.45, 2.75) is 11.3 Å². The highest BCUT2D eigenvalue weighted by molar-refractivity contribution is 8.01. The second kappa shape index (κ2) is 6.23. The highest BCUT2D eigenvalue weighted by atomic mass is 35.5. The lowest BCUT2D eigenvalue weighted by molar-refractivity contribution is -0.113. The molecule has 1 heterocycles. The Bertz CT molecular complexity index is 602. The standard InChI is InChI=1S/C11H11ClN4OS2/c1-6-15-16-11(19-6)18-5-10(17)14-9-4-7(12)2-3-8(9)13/h2-4H,5,13H2,1H3,(H,14,17). The number of nitrogens with one attached hydrogen (secondary N) is 1. The van der Waals surface area contributed by atoms with E-state index in [9.17, 15) is 4.79 Å². The highest BCUT2D eigenvalue weighted by Crippen LogP contribution is 2.25. The fourth-order valence-electron chi connectivity index (χ4n) is 1.29. The van der Waals surface area contributed by atoms with Gasteiger partial charge in [-0.2, -0.15) is 0 Å². The summed E-state index contributed by atoms with van der Waals surface area (Å²) in [6.07, 6.45) is 0. The van der Waals surface area contributed by atoms with E-state index in [0.29, 0.717) is 16.4 Å². The predicted molar refractivity (Wildman–Crippen MR) is 79.9 cm³/mol. The van der Waals surface area contributed by atoms with Crippen molar-refractivity contribution in [1.29, 1.82) is 0 Å². The average molecular weight is 315 g/mol. The van der Waals surface area contributed by atoms with E-state index in [-0.39, 0.29) is 11.7 Å². The number of thioether (sulfide) groups is 1. The molecule has 0 unspecified atom stereocenters. The van der Waals surface area contributed by atoms with E-state index < -0.39 is 0 Å². The van der Waals surface area contributed by atoms with E-state index in [1.54, 1.807) is 18.2 Å². The Kier molecular flexibility index (Phi) is 4.62. The summed E-state index contributed by atoms with van der Waals surface area (Å²) in [7, 11) is 0. The molecule has 0 radical (unpaired) electrons. The summed E-state index contributed by atoms with van der Waals surface area (Å²) in [6.45, 7) is 1.87. The number of nitrogen functional groups attached to an aromatic ring is 1. The molecule has 100 valence electrons. The molecule has 0 saturated carbocycles. The molecule has 0 aliphatic heterocycles. The predicted octanol–water partition coefficient (Wildman–Crippen LogP) is 2.81. The minimum atomic E-state index is -0.160. The van der Waals surface area contributed by atoms with Crippen LogP contribution in [-0.2, 0) is 4.79 Å². The molecule has 0 saturated heterocycles. The Balaban J connectivity index is 1.92. The van der Waals surface area contributed by atoms with Crippen molar-refractivity contribution in [2.24, 2.45) is 0 Å². The van der Waals surface area contributed by atoms with Gasteiger partial charge in [0.1, 0.15) is 5.01 Å². The first-order chi connectivity index (χ1) is 9.04. The van der Waals surface area contributed by atoms with Gasteiger partial charge < -0.3 is 11.1 Å². The molecule has 0 aliphatic carbocycles. The maximum absolute atomic E-state index is 11.8. The van der Waals surface area contributed by atoms with E-state index in [1.165, 1.54) is 23.1 Å². The third kappa shape index (κ3) is 4.09. The number of hydrogen-bond donors (Lipinski definition) is 2. The van der Waals surface area contributed by atoms with Crippen molar-refractivity contribution in [3.05, 3.63) is 28.2 Å². The molecule has 0 fully saturated rings. The van der Waals surface area contributed by atoms with Crippen LogP contribution in [0.2, 0.25) is 5.02 Å². The number of halogens is 1. The zero-order valence-electron chi connectivity index (χ0n) is 10.0. The molecule has 2 rings (SSSR count). The van der Waals surface area contributed by atoms with Crippen LogP contribution in [-0.4, -0.2) is 21.9 Å². The molecule has 0 spiro atoms. The number of nitrogens with zero attached hydrogens (tertiary/aromatic N) is 2. The number of nitrogens with two attached hydrogens (primary N) is 1. The van der Waals surface area contributed by atoms with Crippen molar-refractivity contribution in [2.75, 3.05) is 16.8 Å². The molecular weight excluding hydrogens is 304 g/mol. The van der Waals surface area contributed by atoms with E-state index >= 15 is 0 Å². The molecule has 1 amide bonds. The molecule has 1 aromatic carbocycles. The summed E-state index contributed by atoms with van der Waals surface area (Å²) in [4.78, 5) is 11.8.